The lowest BCUT2D eigenvalue weighted by molar-refractivity contribution is 0.0946. The third-order valence-corrected chi connectivity index (χ3v) is 3.07. The van der Waals surface area contributed by atoms with Crippen LogP contribution in [0.25, 0.3) is 0 Å². The van der Waals surface area contributed by atoms with Crippen LogP contribution in [0, 0.1) is 0 Å². The number of hydrogen-bond acceptors (Lipinski definition) is 6. The van der Waals surface area contributed by atoms with Crippen LogP contribution in [0.4, 0.5) is 11.6 Å². The molecule has 7 nitrogen and oxygen atoms in total. The number of hydrogen-bond donors (Lipinski definition) is 4. The molecule has 1 fully saturated rings. The van der Waals surface area contributed by atoms with Gasteiger partial charge in [-0.2, -0.15) is 0 Å². The molecule has 0 aromatic carbocycles. The minimum absolute atomic E-state index is 0. The fraction of sp³-hybridized carbons (Fsp3) is 0.500. The number of carbonyl (C=O) groups excluding carboxylic acids is 1. The number of carbonyl (C=O) groups is 1. The van der Waals surface area contributed by atoms with E-state index in [0.717, 1.165) is 19.4 Å². The van der Waals surface area contributed by atoms with E-state index in [1.54, 1.807) is 0 Å². The molecule has 1 aliphatic heterocycles. The Morgan fingerprint density at radius 2 is 2.16 bits per heavy atom. The molecule has 2 rings (SSSR count). The average Bonchev–Trinajstić information content (AvgIpc) is 2.84. The third-order valence-electron chi connectivity index (χ3n) is 2.79. The van der Waals surface area contributed by atoms with Crippen LogP contribution in [0.15, 0.2) is 0 Å². The number of nitrogens with one attached hydrogen (secondary N) is 2. The summed E-state index contributed by atoms with van der Waals surface area (Å²) in [4.78, 5) is 19.5. The SMILES string of the molecule is Cl.Nc1nc(N)c(C(=O)NC[C@@H]2CCCN2)nc1Cl. The fourth-order valence-corrected chi connectivity index (χ4v) is 1.97. The van der Waals surface area contributed by atoms with Crippen molar-refractivity contribution in [2.75, 3.05) is 24.6 Å². The van der Waals surface area contributed by atoms with Gasteiger partial charge >= 0.3 is 0 Å². The van der Waals surface area contributed by atoms with E-state index >= 15 is 0 Å². The molecule has 6 N–H and O–H groups in total. The highest BCUT2D eigenvalue weighted by atomic mass is 35.5. The maximum atomic E-state index is 11.9. The summed E-state index contributed by atoms with van der Waals surface area (Å²) in [6, 6.07) is 0.299. The van der Waals surface area contributed by atoms with Gasteiger partial charge in [-0.1, -0.05) is 11.6 Å². The van der Waals surface area contributed by atoms with Crippen molar-refractivity contribution >= 4 is 41.6 Å². The van der Waals surface area contributed by atoms with Gasteiger partial charge in [-0.25, -0.2) is 9.97 Å². The number of aromatic nitrogens is 2. The number of amides is 1. The van der Waals surface area contributed by atoms with Gasteiger partial charge in [0, 0.05) is 12.6 Å². The van der Waals surface area contributed by atoms with Gasteiger partial charge in [0.15, 0.2) is 22.5 Å². The molecule has 0 bridgehead atoms. The molecule has 0 spiro atoms. The van der Waals surface area contributed by atoms with Gasteiger partial charge in [-0.3, -0.25) is 4.79 Å². The molecule has 19 heavy (non-hydrogen) atoms. The smallest absolute Gasteiger partial charge is 0.273 e. The number of rotatable bonds is 3. The molecule has 1 atom stereocenters. The molecule has 106 valence electrons. The lowest BCUT2D eigenvalue weighted by atomic mass is 10.2. The Morgan fingerprint density at radius 3 is 2.79 bits per heavy atom. The van der Waals surface area contributed by atoms with E-state index < -0.39 is 5.91 Å². The molecule has 2 heterocycles. The van der Waals surface area contributed by atoms with Crippen LogP contribution in [0.5, 0.6) is 0 Å². The topological polar surface area (TPSA) is 119 Å². The van der Waals surface area contributed by atoms with Crippen molar-refractivity contribution in [1.29, 1.82) is 0 Å². The van der Waals surface area contributed by atoms with Gasteiger partial charge in [0.05, 0.1) is 0 Å². The first-order valence-electron chi connectivity index (χ1n) is 5.68. The Kier molecular flexibility index (Phi) is 5.59. The summed E-state index contributed by atoms with van der Waals surface area (Å²) in [5.41, 5.74) is 11.0. The lowest BCUT2D eigenvalue weighted by Gasteiger charge is -2.12. The molecule has 9 heteroatoms. The second kappa shape index (κ2) is 6.74. The Bertz CT molecular complexity index is 464. The van der Waals surface area contributed by atoms with Crippen molar-refractivity contribution in [2.45, 2.75) is 18.9 Å². The third kappa shape index (κ3) is 3.82. The van der Waals surface area contributed by atoms with E-state index in [9.17, 15) is 4.79 Å². The zero-order valence-corrected chi connectivity index (χ0v) is 11.7. The second-order valence-corrected chi connectivity index (χ2v) is 4.49. The molecule has 1 saturated heterocycles. The van der Waals surface area contributed by atoms with Gasteiger partial charge in [0.1, 0.15) is 0 Å². The van der Waals surface area contributed by atoms with Crippen molar-refractivity contribution in [1.82, 2.24) is 20.6 Å². The van der Waals surface area contributed by atoms with Crippen molar-refractivity contribution in [2.24, 2.45) is 0 Å². The number of nitrogen functional groups attached to an aromatic ring is 2. The number of nitrogens with two attached hydrogens (primary N) is 2. The Labute approximate surface area is 121 Å². The maximum Gasteiger partial charge on any atom is 0.273 e. The lowest BCUT2D eigenvalue weighted by Crippen LogP contribution is -2.37. The number of halogens is 2. The quantitative estimate of drug-likeness (QED) is 0.633. The van der Waals surface area contributed by atoms with Crippen molar-refractivity contribution in [3.63, 3.8) is 0 Å². The molecule has 1 aromatic rings. The standard InChI is InChI=1S/C10H15ClN6O.ClH/c11-7-9(13)17-8(12)6(16-7)10(18)15-4-5-2-1-3-14-5;/h5,14H,1-4H2,(H,15,18)(H4,12,13,17);1H/t5-;/m0./s1. The fourth-order valence-electron chi connectivity index (χ4n) is 1.84. The predicted molar refractivity (Wildman–Crippen MR) is 76.5 cm³/mol. The number of anilines is 2. The van der Waals surface area contributed by atoms with Gasteiger partial charge in [-0.15, -0.1) is 12.4 Å². The molecule has 0 unspecified atom stereocenters. The molecule has 0 saturated carbocycles. The summed E-state index contributed by atoms with van der Waals surface area (Å²) in [6.07, 6.45) is 2.17. The van der Waals surface area contributed by atoms with Gasteiger partial charge < -0.3 is 22.1 Å². The van der Waals surface area contributed by atoms with E-state index in [4.69, 9.17) is 23.1 Å². The van der Waals surface area contributed by atoms with E-state index in [-0.39, 0.29) is 34.9 Å². The average molecular weight is 307 g/mol. The highest BCUT2D eigenvalue weighted by Crippen LogP contribution is 2.17. The van der Waals surface area contributed by atoms with Gasteiger partial charge in [-0.05, 0) is 19.4 Å². The molecule has 0 aliphatic carbocycles. The number of nitrogens with zero attached hydrogens (tertiary/aromatic N) is 2. The zero-order valence-electron chi connectivity index (χ0n) is 10.1. The summed E-state index contributed by atoms with van der Waals surface area (Å²) in [6.45, 7) is 1.51. The minimum atomic E-state index is -0.393. The first kappa shape index (κ1) is 15.7. The Morgan fingerprint density at radius 1 is 1.42 bits per heavy atom. The summed E-state index contributed by atoms with van der Waals surface area (Å²) in [5, 5.41) is 6.00. The van der Waals surface area contributed by atoms with Crippen LogP contribution in [-0.4, -0.2) is 35.0 Å². The van der Waals surface area contributed by atoms with Crippen molar-refractivity contribution in [3.8, 4) is 0 Å². The van der Waals surface area contributed by atoms with Gasteiger partial charge in [0.2, 0.25) is 0 Å². The highest BCUT2D eigenvalue weighted by molar-refractivity contribution is 6.31. The molecule has 1 aliphatic rings. The summed E-state index contributed by atoms with van der Waals surface area (Å²) < 4.78 is 0. The predicted octanol–water partition coefficient (Wildman–Crippen LogP) is 0.198. The zero-order chi connectivity index (χ0) is 13.1. The highest BCUT2D eigenvalue weighted by Gasteiger charge is 2.18. The summed E-state index contributed by atoms with van der Waals surface area (Å²) in [7, 11) is 0. The first-order valence-corrected chi connectivity index (χ1v) is 6.06. The van der Waals surface area contributed by atoms with Crippen molar-refractivity contribution in [3.05, 3.63) is 10.8 Å². The van der Waals surface area contributed by atoms with E-state index in [1.807, 2.05) is 0 Å². The van der Waals surface area contributed by atoms with Crippen LogP contribution in [0.3, 0.4) is 0 Å². The monoisotopic (exact) mass is 306 g/mol. The Hall–Kier alpha value is -1.31. The second-order valence-electron chi connectivity index (χ2n) is 4.14. The molecular weight excluding hydrogens is 291 g/mol. The molecule has 1 aromatic heterocycles. The first-order chi connectivity index (χ1) is 8.58. The minimum Gasteiger partial charge on any atom is -0.382 e. The van der Waals surface area contributed by atoms with E-state index in [1.165, 1.54) is 0 Å². The normalized spacial score (nSPS) is 17.8. The van der Waals surface area contributed by atoms with Crippen LogP contribution in [-0.2, 0) is 0 Å². The van der Waals surface area contributed by atoms with Crippen LogP contribution < -0.4 is 22.1 Å². The molecule has 1 amide bonds. The van der Waals surface area contributed by atoms with Crippen LogP contribution >= 0.6 is 24.0 Å². The summed E-state index contributed by atoms with van der Waals surface area (Å²) >= 11 is 5.71. The molecular formula is C10H16Cl2N6O. The van der Waals surface area contributed by atoms with Crippen LogP contribution in [0.1, 0.15) is 23.3 Å². The van der Waals surface area contributed by atoms with E-state index in [2.05, 4.69) is 20.6 Å². The van der Waals surface area contributed by atoms with Crippen LogP contribution in [0.2, 0.25) is 5.15 Å². The molecule has 0 radical (unpaired) electrons. The van der Waals surface area contributed by atoms with Crippen molar-refractivity contribution < 1.29 is 4.79 Å². The van der Waals surface area contributed by atoms with Gasteiger partial charge in [0.25, 0.3) is 5.91 Å². The summed E-state index contributed by atoms with van der Waals surface area (Å²) in [5.74, 6) is -0.396. The largest absolute Gasteiger partial charge is 0.382 e. The maximum absolute atomic E-state index is 11.9. The van der Waals surface area contributed by atoms with E-state index in [0.29, 0.717) is 12.6 Å². The Balaban J connectivity index is 0.00000180.